The smallest absolute Gasteiger partial charge is 0.126 e. The summed E-state index contributed by atoms with van der Waals surface area (Å²) in [7, 11) is 1.94. The van der Waals surface area contributed by atoms with Crippen molar-refractivity contribution in [2.24, 2.45) is 0 Å². The summed E-state index contributed by atoms with van der Waals surface area (Å²) in [5.74, 6) is 1.87. The van der Waals surface area contributed by atoms with Gasteiger partial charge >= 0.3 is 0 Å². The fourth-order valence-corrected chi connectivity index (χ4v) is 2.69. The molecule has 0 aliphatic carbocycles. The van der Waals surface area contributed by atoms with E-state index >= 15 is 0 Å². The lowest BCUT2D eigenvalue weighted by Gasteiger charge is -2.24. The molecule has 0 heterocycles. The van der Waals surface area contributed by atoms with Crippen molar-refractivity contribution in [3.63, 3.8) is 0 Å². The predicted octanol–water partition coefficient (Wildman–Crippen LogP) is 4.47. The summed E-state index contributed by atoms with van der Waals surface area (Å²) in [6.45, 7) is 10.6. The van der Waals surface area contributed by atoms with Crippen LogP contribution in [0.4, 0.5) is 0 Å². The molecule has 0 unspecified atom stereocenters. The molecule has 0 saturated carbocycles. The highest BCUT2D eigenvalue weighted by Crippen LogP contribution is 2.33. The quantitative estimate of drug-likeness (QED) is 0.761. The molecule has 0 aliphatic heterocycles. The Labute approximate surface area is 146 Å². The Hall–Kier alpha value is -2.00. The molecule has 0 atom stereocenters. The Morgan fingerprint density at radius 1 is 0.958 bits per heavy atom. The predicted molar refractivity (Wildman–Crippen MR) is 100 cm³/mol. The minimum absolute atomic E-state index is 0.0592. The molecule has 2 aromatic rings. The first-order valence-corrected chi connectivity index (χ1v) is 8.51. The van der Waals surface area contributed by atoms with Crippen LogP contribution in [0.5, 0.6) is 11.5 Å². The van der Waals surface area contributed by atoms with Gasteiger partial charge in [-0.2, -0.15) is 0 Å². The van der Waals surface area contributed by atoms with Gasteiger partial charge in [0.25, 0.3) is 0 Å². The number of hydrogen-bond donors (Lipinski definition) is 1. The van der Waals surface area contributed by atoms with E-state index in [2.05, 4.69) is 63.3 Å². The number of hydrogen-bond acceptors (Lipinski definition) is 3. The Bertz CT molecular complexity index is 659. The normalized spacial score (nSPS) is 11.4. The van der Waals surface area contributed by atoms with E-state index in [1.54, 1.807) is 0 Å². The molecule has 0 spiro atoms. The highest BCUT2D eigenvalue weighted by Gasteiger charge is 2.20. The van der Waals surface area contributed by atoms with Crippen molar-refractivity contribution in [2.45, 2.75) is 39.7 Å². The fraction of sp³-hybridized carbons (Fsp3) is 0.429. The largest absolute Gasteiger partial charge is 0.490 e. The Balaban J connectivity index is 1.94. The number of benzene rings is 2. The van der Waals surface area contributed by atoms with Crippen molar-refractivity contribution in [1.82, 2.24) is 5.32 Å². The van der Waals surface area contributed by atoms with Crippen LogP contribution in [0, 0.1) is 6.92 Å². The zero-order valence-electron chi connectivity index (χ0n) is 15.5. The van der Waals surface area contributed by atoms with Crippen LogP contribution in [0.25, 0.3) is 0 Å². The molecule has 3 nitrogen and oxygen atoms in total. The molecule has 0 radical (unpaired) electrons. The first-order valence-electron chi connectivity index (χ1n) is 8.51. The molecule has 2 aromatic carbocycles. The second-order valence-electron chi connectivity index (χ2n) is 7.08. The maximum atomic E-state index is 6.06. The summed E-state index contributed by atoms with van der Waals surface area (Å²) >= 11 is 0. The Morgan fingerprint density at radius 2 is 1.67 bits per heavy atom. The van der Waals surface area contributed by atoms with Crippen molar-refractivity contribution >= 4 is 0 Å². The highest BCUT2D eigenvalue weighted by atomic mass is 16.5. The van der Waals surface area contributed by atoms with Crippen LogP contribution in [-0.2, 0) is 12.0 Å². The molecule has 0 bridgehead atoms. The molecule has 0 fully saturated rings. The summed E-state index contributed by atoms with van der Waals surface area (Å²) < 4.78 is 11.9. The highest BCUT2D eigenvalue weighted by molar-refractivity contribution is 5.44. The number of nitrogens with one attached hydrogen (secondary N) is 1. The third kappa shape index (κ3) is 5.00. The van der Waals surface area contributed by atoms with E-state index in [-0.39, 0.29) is 5.41 Å². The van der Waals surface area contributed by atoms with Crippen LogP contribution in [0.15, 0.2) is 42.5 Å². The number of aryl methyl sites for hydroxylation is 1. The van der Waals surface area contributed by atoms with E-state index in [1.165, 1.54) is 16.7 Å². The van der Waals surface area contributed by atoms with E-state index in [4.69, 9.17) is 9.47 Å². The molecule has 24 heavy (non-hydrogen) atoms. The van der Waals surface area contributed by atoms with E-state index in [1.807, 2.05) is 19.2 Å². The van der Waals surface area contributed by atoms with E-state index in [9.17, 15) is 0 Å². The summed E-state index contributed by atoms with van der Waals surface area (Å²) in [5.41, 5.74) is 3.67. The van der Waals surface area contributed by atoms with Crippen LogP contribution in [-0.4, -0.2) is 20.3 Å². The van der Waals surface area contributed by atoms with Gasteiger partial charge in [-0.3, -0.25) is 0 Å². The molecule has 0 aromatic heterocycles. The van der Waals surface area contributed by atoms with Gasteiger partial charge < -0.3 is 14.8 Å². The maximum Gasteiger partial charge on any atom is 0.126 e. The lowest BCUT2D eigenvalue weighted by molar-refractivity contribution is 0.213. The third-order valence-electron chi connectivity index (χ3n) is 3.90. The van der Waals surface area contributed by atoms with Gasteiger partial charge in [-0.15, -0.1) is 0 Å². The fourth-order valence-electron chi connectivity index (χ4n) is 2.69. The minimum Gasteiger partial charge on any atom is -0.490 e. The minimum atomic E-state index is 0.0592. The second kappa shape index (κ2) is 8.20. The van der Waals surface area contributed by atoms with Crippen molar-refractivity contribution in [1.29, 1.82) is 0 Å². The van der Waals surface area contributed by atoms with Crippen LogP contribution in [0.1, 0.15) is 37.5 Å². The van der Waals surface area contributed by atoms with Crippen molar-refractivity contribution in [3.8, 4) is 11.5 Å². The zero-order valence-corrected chi connectivity index (χ0v) is 15.5. The summed E-state index contributed by atoms with van der Waals surface area (Å²) in [6.07, 6.45) is 0. The number of para-hydroxylation sites is 1. The zero-order chi connectivity index (χ0) is 17.6. The molecule has 0 saturated heterocycles. The molecule has 0 aliphatic rings. The van der Waals surface area contributed by atoms with E-state index in [0.717, 1.165) is 18.0 Å². The Morgan fingerprint density at radius 3 is 2.38 bits per heavy atom. The number of rotatable bonds is 7. The average molecular weight is 327 g/mol. The molecule has 3 heteroatoms. The molecule has 2 rings (SSSR count). The van der Waals surface area contributed by atoms with Gasteiger partial charge in [-0.1, -0.05) is 51.1 Å². The van der Waals surface area contributed by atoms with Crippen molar-refractivity contribution in [2.75, 3.05) is 20.3 Å². The third-order valence-corrected chi connectivity index (χ3v) is 3.90. The monoisotopic (exact) mass is 327 g/mol. The van der Waals surface area contributed by atoms with E-state index in [0.29, 0.717) is 13.2 Å². The second-order valence-corrected chi connectivity index (χ2v) is 7.08. The van der Waals surface area contributed by atoms with Crippen molar-refractivity contribution < 1.29 is 9.47 Å². The molecular formula is C21H29NO2. The van der Waals surface area contributed by atoms with E-state index < -0.39 is 0 Å². The lowest BCUT2D eigenvalue weighted by Crippen LogP contribution is -2.16. The van der Waals surface area contributed by atoms with Gasteiger partial charge in [0, 0.05) is 6.54 Å². The summed E-state index contributed by atoms with van der Waals surface area (Å²) in [6, 6.07) is 14.5. The first-order chi connectivity index (χ1) is 11.4. The van der Waals surface area contributed by atoms with Crippen LogP contribution in [0.2, 0.25) is 0 Å². The lowest BCUT2D eigenvalue weighted by atomic mass is 9.85. The van der Waals surface area contributed by atoms with Gasteiger partial charge in [-0.05, 0) is 48.2 Å². The first kappa shape index (κ1) is 18.3. The molecule has 0 amide bonds. The van der Waals surface area contributed by atoms with Crippen LogP contribution >= 0.6 is 0 Å². The molecule has 130 valence electrons. The SMILES string of the molecule is CNCc1cccc(OCCOc2c(C)cccc2C(C)(C)C)c1. The van der Waals surface area contributed by atoms with Gasteiger partial charge in [0.1, 0.15) is 24.7 Å². The van der Waals surface area contributed by atoms with Gasteiger partial charge in [0.15, 0.2) is 0 Å². The van der Waals surface area contributed by atoms with Gasteiger partial charge in [0.05, 0.1) is 0 Å². The molecular weight excluding hydrogens is 298 g/mol. The van der Waals surface area contributed by atoms with Crippen LogP contribution in [0.3, 0.4) is 0 Å². The summed E-state index contributed by atoms with van der Waals surface area (Å²) in [4.78, 5) is 0. The molecule has 1 N–H and O–H groups in total. The van der Waals surface area contributed by atoms with Gasteiger partial charge in [0.2, 0.25) is 0 Å². The summed E-state index contributed by atoms with van der Waals surface area (Å²) in [5, 5.41) is 3.15. The van der Waals surface area contributed by atoms with Crippen LogP contribution < -0.4 is 14.8 Å². The van der Waals surface area contributed by atoms with Gasteiger partial charge in [-0.25, -0.2) is 0 Å². The maximum absolute atomic E-state index is 6.06. The average Bonchev–Trinajstić information content (AvgIpc) is 2.52. The Kier molecular flexibility index (Phi) is 6.27. The number of ether oxygens (including phenoxy) is 2. The van der Waals surface area contributed by atoms with Crippen molar-refractivity contribution in [3.05, 3.63) is 59.2 Å². The standard InChI is InChI=1S/C21H29NO2/c1-16-8-6-11-19(21(2,3)4)20(16)24-13-12-23-18-10-7-9-17(14-18)15-22-5/h6-11,14,22H,12-13,15H2,1-5H3. The topological polar surface area (TPSA) is 30.5 Å².